The van der Waals surface area contributed by atoms with Crippen LogP contribution in [0.3, 0.4) is 0 Å². The highest BCUT2D eigenvalue weighted by molar-refractivity contribution is 9.10. The Morgan fingerprint density at radius 1 is 1.36 bits per heavy atom. The average Bonchev–Trinajstić information content (AvgIpc) is 2.99. The molecular formula is C10H13BrN2O. The van der Waals surface area contributed by atoms with Gasteiger partial charge in [-0.3, -0.25) is 0 Å². The number of nitrogens with zero attached hydrogens (tertiary/aromatic N) is 2. The topological polar surface area (TPSA) is 27.1 Å². The molecular weight excluding hydrogens is 244 g/mol. The zero-order chi connectivity index (χ0) is 9.54. The fourth-order valence-electron chi connectivity index (χ4n) is 1.88. The van der Waals surface area contributed by atoms with Crippen molar-refractivity contribution in [3.8, 4) is 5.88 Å². The molecule has 1 aromatic heterocycles. The summed E-state index contributed by atoms with van der Waals surface area (Å²) >= 11 is 3.60. The van der Waals surface area contributed by atoms with Gasteiger partial charge in [0.05, 0.1) is 12.3 Å². The van der Waals surface area contributed by atoms with Crippen LogP contribution >= 0.6 is 15.9 Å². The van der Waals surface area contributed by atoms with E-state index in [0.717, 1.165) is 29.9 Å². The Hall–Kier alpha value is -0.510. The van der Waals surface area contributed by atoms with E-state index in [1.807, 2.05) is 4.68 Å². The van der Waals surface area contributed by atoms with Gasteiger partial charge in [0, 0.05) is 12.5 Å². The molecule has 0 amide bonds. The van der Waals surface area contributed by atoms with Crippen LogP contribution in [-0.2, 0) is 6.54 Å². The molecule has 3 nitrogen and oxygen atoms in total. The Bertz CT molecular complexity index is 357. The van der Waals surface area contributed by atoms with Gasteiger partial charge in [0.25, 0.3) is 0 Å². The van der Waals surface area contributed by atoms with Gasteiger partial charge in [-0.1, -0.05) is 0 Å². The fraction of sp³-hybridized carbons (Fsp3) is 0.700. The van der Waals surface area contributed by atoms with E-state index in [1.165, 1.54) is 25.0 Å². The third-order valence-electron chi connectivity index (χ3n) is 2.84. The molecule has 0 aromatic carbocycles. The molecule has 2 heterocycles. The molecule has 0 atom stereocenters. The van der Waals surface area contributed by atoms with Crippen molar-refractivity contribution in [2.24, 2.45) is 0 Å². The minimum Gasteiger partial charge on any atom is -0.477 e. The zero-order valence-electron chi connectivity index (χ0n) is 8.00. The Morgan fingerprint density at radius 2 is 2.21 bits per heavy atom. The van der Waals surface area contributed by atoms with Crippen LogP contribution in [0.4, 0.5) is 0 Å². The van der Waals surface area contributed by atoms with Gasteiger partial charge in [0.2, 0.25) is 5.88 Å². The second-order valence-electron chi connectivity index (χ2n) is 4.06. The molecule has 76 valence electrons. The minimum atomic E-state index is 0.687. The van der Waals surface area contributed by atoms with Crippen molar-refractivity contribution >= 4 is 15.9 Å². The molecule has 1 aliphatic carbocycles. The molecule has 2 aliphatic rings. The normalized spacial score (nSPS) is 21.2. The number of ether oxygens (including phenoxy) is 1. The first kappa shape index (κ1) is 8.77. The number of rotatable bonds is 1. The maximum atomic E-state index is 5.69. The van der Waals surface area contributed by atoms with E-state index < -0.39 is 0 Å². The van der Waals surface area contributed by atoms with Crippen molar-refractivity contribution in [3.05, 3.63) is 10.2 Å². The maximum Gasteiger partial charge on any atom is 0.226 e. The van der Waals surface area contributed by atoms with E-state index in [4.69, 9.17) is 4.74 Å². The molecule has 0 spiro atoms. The van der Waals surface area contributed by atoms with Crippen molar-refractivity contribution in [1.82, 2.24) is 9.78 Å². The zero-order valence-corrected chi connectivity index (χ0v) is 9.59. The summed E-state index contributed by atoms with van der Waals surface area (Å²) in [5, 5.41) is 4.62. The van der Waals surface area contributed by atoms with Gasteiger partial charge in [-0.25, -0.2) is 4.68 Å². The fourth-order valence-corrected chi connectivity index (χ4v) is 2.60. The number of hydrogen-bond acceptors (Lipinski definition) is 2. The van der Waals surface area contributed by atoms with Crippen LogP contribution in [0.2, 0.25) is 0 Å². The molecule has 0 unspecified atom stereocenters. The lowest BCUT2D eigenvalue weighted by Crippen LogP contribution is -2.00. The van der Waals surface area contributed by atoms with Crippen LogP contribution in [0.25, 0.3) is 0 Å². The molecule has 4 heteroatoms. The molecule has 3 rings (SSSR count). The van der Waals surface area contributed by atoms with Gasteiger partial charge in [0.1, 0.15) is 4.47 Å². The van der Waals surface area contributed by atoms with Crippen LogP contribution in [0, 0.1) is 0 Å². The van der Waals surface area contributed by atoms with Gasteiger partial charge < -0.3 is 4.74 Å². The molecule has 1 saturated carbocycles. The van der Waals surface area contributed by atoms with Crippen molar-refractivity contribution < 1.29 is 4.74 Å². The SMILES string of the molecule is Brc1c(C2CC2)nn2c1OCCCC2. The van der Waals surface area contributed by atoms with Crippen molar-refractivity contribution in [2.45, 2.75) is 38.1 Å². The molecule has 1 aromatic rings. The van der Waals surface area contributed by atoms with Gasteiger partial charge in [-0.05, 0) is 41.6 Å². The Balaban J connectivity index is 2.01. The van der Waals surface area contributed by atoms with Gasteiger partial charge in [-0.2, -0.15) is 5.10 Å². The van der Waals surface area contributed by atoms with Crippen molar-refractivity contribution in [2.75, 3.05) is 6.61 Å². The second-order valence-corrected chi connectivity index (χ2v) is 4.85. The Morgan fingerprint density at radius 3 is 3.00 bits per heavy atom. The highest BCUT2D eigenvalue weighted by atomic mass is 79.9. The molecule has 0 saturated heterocycles. The summed E-state index contributed by atoms with van der Waals surface area (Å²) in [6.07, 6.45) is 4.88. The molecule has 0 N–H and O–H groups in total. The standard InChI is InChI=1S/C10H13BrN2O/c11-8-9(7-3-4-7)12-13-5-1-2-6-14-10(8)13/h7H,1-6H2. The number of halogens is 1. The third-order valence-corrected chi connectivity index (χ3v) is 3.59. The highest BCUT2D eigenvalue weighted by Gasteiger charge is 2.31. The van der Waals surface area contributed by atoms with Crippen LogP contribution in [0.5, 0.6) is 5.88 Å². The molecule has 0 radical (unpaired) electrons. The van der Waals surface area contributed by atoms with Crippen LogP contribution in [-0.4, -0.2) is 16.4 Å². The number of aryl methyl sites for hydroxylation is 1. The maximum absolute atomic E-state index is 5.69. The summed E-state index contributed by atoms with van der Waals surface area (Å²) < 4.78 is 8.81. The average molecular weight is 257 g/mol. The predicted octanol–water partition coefficient (Wildman–Crippen LogP) is 2.70. The minimum absolute atomic E-state index is 0.687. The quantitative estimate of drug-likeness (QED) is 0.773. The Labute approximate surface area is 91.6 Å². The first-order chi connectivity index (χ1) is 6.86. The van der Waals surface area contributed by atoms with E-state index in [-0.39, 0.29) is 0 Å². The lowest BCUT2D eigenvalue weighted by atomic mass is 10.3. The summed E-state index contributed by atoms with van der Waals surface area (Å²) in [6, 6.07) is 0. The number of aromatic nitrogens is 2. The lowest BCUT2D eigenvalue weighted by molar-refractivity contribution is 0.301. The molecule has 14 heavy (non-hydrogen) atoms. The van der Waals surface area contributed by atoms with E-state index in [2.05, 4.69) is 21.0 Å². The summed E-state index contributed by atoms with van der Waals surface area (Å²) in [6.45, 7) is 1.83. The molecule has 1 aliphatic heterocycles. The van der Waals surface area contributed by atoms with E-state index >= 15 is 0 Å². The largest absolute Gasteiger partial charge is 0.477 e. The van der Waals surface area contributed by atoms with Gasteiger partial charge in [-0.15, -0.1) is 0 Å². The summed E-state index contributed by atoms with van der Waals surface area (Å²) in [5.74, 6) is 1.64. The van der Waals surface area contributed by atoms with Gasteiger partial charge >= 0.3 is 0 Å². The summed E-state index contributed by atoms with van der Waals surface area (Å²) in [4.78, 5) is 0. The summed E-state index contributed by atoms with van der Waals surface area (Å²) in [7, 11) is 0. The van der Waals surface area contributed by atoms with Crippen LogP contribution in [0.1, 0.15) is 37.3 Å². The van der Waals surface area contributed by atoms with Crippen molar-refractivity contribution in [1.29, 1.82) is 0 Å². The number of fused-ring (bicyclic) bond motifs is 1. The highest BCUT2D eigenvalue weighted by Crippen LogP contribution is 2.45. The van der Waals surface area contributed by atoms with E-state index in [0.29, 0.717) is 5.92 Å². The van der Waals surface area contributed by atoms with Crippen LogP contribution < -0.4 is 4.74 Å². The van der Waals surface area contributed by atoms with E-state index in [1.54, 1.807) is 0 Å². The van der Waals surface area contributed by atoms with Crippen molar-refractivity contribution in [3.63, 3.8) is 0 Å². The van der Waals surface area contributed by atoms with E-state index in [9.17, 15) is 0 Å². The smallest absolute Gasteiger partial charge is 0.226 e. The molecule has 0 bridgehead atoms. The Kier molecular flexibility index (Phi) is 2.04. The first-order valence-electron chi connectivity index (χ1n) is 5.25. The third kappa shape index (κ3) is 1.36. The lowest BCUT2D eigenvalue weighted by Gasteiger charge is -2.02. The van der Waals surface area contributed by atoms with Gasteiger partial charge in [0.15, 0.2) is 0 Å². The first-order valence-corrected chi connectivity index (χ1v) is 6.04. The molecule has 1 fully saturated rings. The summed E-state index contributed by atoms with van der Waals surface area (Å²) in [5.41, 5.74) is 1.21. The monoisotopic (exact) mass is 256 g/mol. The number of hydrogen-bond donors (Lipinski definition) is 0. The van der Waals surface area contributed by atoms with Crippen LogP contribution in [0.15, 0.2) is 4.47 Å². The predicted molar refractivity (Wildman–Crippen MR) is 56.6 cm³/mol. The second kappa shape index (κ2) is 3.26.